The number of hydrogen-bond donors (Lipinski definition) is 3. The van der Waals surface area contributed by atoms with Crippen molar-refractivity contribution in [2.75, 3.05) is 13.1 Å². The van der Waals surface area contributed by atoms with Gasteiger partial charge in [0.05, 0.1) is 11.7 Å². The molecule has 0 rings (SSSR count). The molecule has 3 heteroatoms. The van der Waals surface area contributed by atoms with Crippen LogP contribution in [0.4, 0.5) is 0 Å². The van der Waals surface area contributed by atoms with Crippen molar-refractivity contribution in [1.29, 1.82) is 0 Å². The summed E-state index contributed by atoms with van der Waals surface area (Å²) in [7, 11) is 0. The molecule has 0 aromatic heterocycles. The highest BCUT2D eigenvalue weighted by Gasteiger charge is 2.16. The smallest absolute Gasteiger partial charge is 0.0741 e. The van der Waals surface area contributed by atoms with Gasteiger partial charge in [0.15, 0.2) is 0 Å². The van der Waals surface area contributed by atoms with E-state index >= 15 is 0 Å². The van der Waals surface area contributed by atoms with Crippen molar-refractivity contribution in [3.8, 4) is 0 Å². The molecule has 0 spiro atoms. The highest BCUT2D eigenvalue weighted by atomic mass is 16.3. The number of hydrogen-bond acceptors (Lipinski definition) is 3. The van der Waals surface area contributed by atoms with Crippen LogP contribution >= 0.6 is 0 Å². The molecular weight excluding hydrogens is 142 g/mol. The molecule has 11 heavy (non-hydrogen) atoms. The van der Waals surface area contributed by atoms with Gasteiger partial charge in [-0.1, -0.05) is 6.92 Å². The van der Waals surface area contributed by atoms with Crippen LogP contribution in [0.2, 0.25) is 0 Å². The second kappa shape index (κ2) is 4.70. The van der Waals surface area contributed by atoms with Gasteiger partial charge in [0.25, 0.3) is 0 Å². The van der Waals surface area contributed by atoms with Crippen molar-refractivity contribution in [2.24, 2.45) is 0 Å². The molecule has 0 saturated carbocycles. The van der Waals surface area contributed by atoms with E-state index in [1.165, 1.54) is 0 Å². The second-order valence-corrected chi connectivity index (χ2v) is 3.33. The van der Waals surface area contributed by atoms with Gasteiger partial charge in [-0.25, -0.2) is 0 Å². The summed E-state index contributed by atoms with van der Waals surface area (Å²) in [5.74, 6) is 0. The molecule has 0 aliphatic heterocycles. The summed E-state index contributed by atoms with van der Waals surface area (Å²) < 4.78 is 0. The molecule has 0 aliphatic carbocycles. The molecular formula is C8H19NO2. The number of aliphatic hydroxyl groups is 2. The predicted octanol–water partition coefficient (Wildman–Crippen LogP) is 0.118. The lowest BCUT2D eigenvalue weighted by Crippen LogP contribution is -2.39. The second-order valence-electron chi connectivity index (χ2n) is 3.33. The van der Waals surface area contributed by atoms with Crippen LogP contribution in [0, 0.1) is 0 Å². The fourth-order valence-electron chi connectivity index (χ4n) is 0.675. The topological polar surface area (TPSA) is 52.5 Å². The highest BCUT2D eigenvalue weighted by Crippen LogP contribution is 2.05. The first-order chi connectivity index (χ1) is 4.98. The minimum absolute atomic E-state index is 0.345. The van der Waals surface area contributed by atoms with Crippen LogP contribution in [0.1, 0.15) is 27.2 Å². The first-order valence-corrected chi connectivity index (χ1v) is 4.09. The summed E-state index contributed by atoms with van der Waals surface area (Å²) in [5, 5.41) is 21.3. The van der Waals surface area contributed by atoms with Crippen molar-refractivity contribution in [2.45, 2.75) is 38.9 Å². The quantitative estimate of drug-likeness (QED) is 0.537. The Morgan fingerprint density at radius 2 is 2.09 bits per heavy atom. The molecule has 2 atom stereocenters. The molecule has 0 fully saturated rings. The Morgan fingerprint density at radius 1 is 1.55 bits per heavy atom. The van der Waals surface area contributed by atoms with Crippen LogP contribution in [0.3, 0.4) is 0 Å². The van der Waals surface area contributed by atoms with E-state index in [9.17, 15) is 5.11 Å². The molecule has 0 saturated heterocycles. The third-order valence-corrected chi connectivity index (χ3v) is 1.71. The van der Waals surface area contributed by atoms with Gasteiger partial charge in [-0.3, -0.25) is 0 Å². The zero-order valence-corrected chi connectivity index (χ0v) is 7.59. The van der Waals surface area contributed by atoms with Gasteiger partial charge in [-0.2, -0.15) is 0 Å². The minimum Gasteiger partial charge on any atom is -0.392 e. The summed E-state index contributed by atoms with van der Waals surface area (Å²) in [6.07, 6.45) is 0.377. The van der Waals surface area contributed by atoms with Crippen LogP contribution in [0.25, 0.3) is 0 Å². The molecule has 3 nitrogen and oxygen atoms in total. The first kappa shape index (κ1) is 10.9. The zero-order valence-electron chi connectivity index (χ0n) is 7.59. The third-order valence-electron chi connectivity index (χ3n) is 1.71. The van der Waals surface area contributed by atoms with Crippen molar-refractivity contribution in [1.82, 2.24) is 5.32 Å². The highest BCUT2D eigenvalue weighted by molar-refractivity contribution is 4.73. The van der Waals surface area contributed by atoms with Crippen LogP contribution in [-0.2, 0) is 0 Å². The maximum Gasteiger partial charge on any atom is 0.0741 e. The minimum atomic E-state index is -0.644. The Morgan fingerprint density at radius 3 is 2.45 bits per heavy atom. The maximum atomic E-state index is 9.49. The fourth-order valence-corrected chi connectivity index (χ4v) is 0.675. The summed E-state index contributed by atoms with van der Waals surface area (Å²) in [4.78, 5) is 0. The standard InChI is InChI=1S/C8H19NO2/c1-4-8(3,11)6-9-5-7(2)10/h7,9-11H,4-6H2,1-3H3/t7-,8?/m1/s1. The lowest BCUT2D eigenvalue weighted by atomic mass is 10.0. The normalized spacial score (nSPS) is 19.4. The van der Waals surface area contributed by atoms with E-state index in [0.29, 0.717) is 13.1 Å². The molecule has 0 heterocycles. The Bertz CT molecular complexity index is 102. The van der Waals surface area contributed by atoms with E-state index < -0.39 is 5.60 Å². The molecule has 0 aliphatic rings. The average molecular weight is 161 g/mol. The van der Waals surface area contributed by atoms with Crippen molar-refractivity contribution >= 4 is 0 Å². The molecule has 0 aromatic rings. The fraction of sp³-hybridized carbons (Fsp3) is 1.00. The zero-order chi connectivity index (χ0) is 8.91. The molecule has 68 valence electrons. The molecule has 0 amide bonds. The molecule has 3 N–H and O–H groups in total. The van der Waals surface area contributed by atoms with E-state index in [2.05, 4.69) is 5.32 Å². The lowest BCUT2D eigenvalue weighted by molar-refractivity contribution is 0.0525. The molecule has 0 aromatic carbocycles. The number of nitrogens with one attached hydrogen (secondary N) is 1. The van der Waals surface area contributed by atoms with Gasteiger partial charge in [0.2, 0.25) is 0 Å². The largest absolute Gasteiger partial charge is 0.392 e. The van der Waals surface area contributed by atoms with Gasteiger partial charge >= 0.3 is 0 Å². The summed E-state index contributed by atoms with van der Waals surface area (Å²) >= 11 is 0. The number of rotatable bonds is 5. The third kappa shape index (κ3) is 6.28. The van der Waals surface area contributed by atoms with Crippen molar-refractivity contribution in [3.05, 3.63) is 0 Å². The summed E-state index contributed by atoms with van der Waals surface area (Å²) in [5.41, 5.74) is -0.644. The monoisotopic (exact) mass is 161 g/mol. The molecule has 0 bridgehead atoms. The Kier molecular flexibility index (Phi) is 4.65. The van der Waals surface area contributed by atoms with Crippen molar-refractivity contribution < 1.29 is 10.2 Å². The van der Waals surface area contributed by atoms with Crippen LogP contribution in [0.5, 0.6) is 0 Å². The van der Waals surface area contributed by atoms with Crippen molar-refractivity contribution in [3.63, 3.8) is 0 Å². The van der Waals surface area contributed by atoms with Crippen LogP contribution < -0.4 is 5.32 Å². The molecule has 1 unspecified atom stereocenters. The first-order valence-electron chi connectivity index (χ1n) is 4.09. The Labute approximate surface area is 68.4 Å². The van der Waals surface area contributed by atoms with Crippen LogP contribution in [0.15, 0.2) is 0 Å². The maximum absolute atomic E-state index is 9.49. The van der Waals surface area contributed by atoms with E-state index in [-0.39, 0.29) is 6.10 Å². The number of aliphatic hydroxyl groups excluding tert-OH is 1. The average Bonchev–Trinajstić information content (AvgIpc) is 1.87. The summed E-state index contributed by atoms with van der Waals surface area (Å²) in [6.45, 7) is 6.50. The predicted molar refractivity (Wildman–Crippen MR) is 45.5 cm³/mol. The van der Waals surface area contributed by atoms with E-state index in [1.807, 2.05) is 6.92 Å². The van der Waals surface area contributed by atoms with E-state index in [4.69, 9.17) is 5.11 Å². The van der Waals surface area contributed by atoms with E-state index in [0.717, 1.165) is 6.42 Å². The SMILES string of the molecule is CCC(C)(O)CNC[C@@H](C)O. The van der Waals surface area contributed by atoms with Crippen LogP contribution in [-0.4, -0.2) is 35.0 Å². The molecule has 0 radical (unpaired) electrons. The summed E-state index contributed by atoms with van der Waals surface area (Å²) in [6, 6.07) is 0. The van der Waals surface area contributed by atoms with E-state index in [1.54, 1.807) is 13.8 Å². The van der Waals surface area contributed by atoms with Gasteiger partial charge in [0, 0.05) is 13.1 Å². The van der Waals surface area contributed by atoms with Gasteiger partial charge in [-0.15, -0.1) is 0 Å². The lowest BCUT2D eigenvalue weighted by Gasteiger charge is -2.21. The van der Waals surface area contributed by atoms with Gasteiger partial charge < -0.3 is 15.5 Å². The van der Waals surface area contributed by atoms with Gasteiger partial charge in [0.1, 0.15) is 0 Å². The Hall–Kier alpha value is -0.120. The Balaban J connectivity index is 3.38. The van der Waals surface area contributed by atoms with Gasteiger partial charge in [-0.05, 0) is 20.3 Å².